The van der Waals surface area contributed by atoms with Crippen molar-refractivity contribution in [3.8, 4) is 0 Å². The topological polar surface area (TPSA) is 75.7 Å². The van der Waals surface area contributed by atoms with Gasteiger partial charge < -0.3 is 15.0 Å². The van der Waals surface area contributed by atoms with E-state index in [0.717, 1.165) is 4.90 Å². The van der Waals surface area contributed by atoms with Gasteiger partial charge in [0, 0.05) is 17.5 Å². The highest BCUT2D eigenvalue weighted by atomic mass is 32.2. The predicted molar refractivity (Wildman–Crippen MR) is 79.4 cm³/mol. The summed E-state index contributed by atoms with van der Waals surface area (Å²) >= 11 is 1.43. The van der Waals surface area contributed by atoms with Crippen LogP contribution in [0.2, 0.25) is 0 Å². The van der Waals surface area contributed by atoms with Gasteiger partial charge in [0.25, 0.3) is 5.91 Å². The van der Waals surface area contributed by atoms with Crippen LogP contribution in [-0.2, 0) is 14.3 Å². The van der Waals surface area contributed by atoms with E-state index in [-0.39, 0.29) is 25.0 Å². The number of ether oxygens (including phenoxy) is 1. The van der Waals surface area contributed by atoms with Gasteiger partial charge in [-0.2, -0.15) is 0 Å². The third-order valence-electron chi connectivity index (χ3n) is 2.88. The van der Waals surface area contributed by atoms with Gasteiger partial charge in [0.1, 0.15) is 6.54 Å². The minimum Gasteiger partial charge on any atom is -0.465 e. The molecule has 0 unspecified atom stereocenters. The molecule has 0 spiro atoms. The Balaban J connectivity index is 2.10. The second-order valence-electron chi connectivity index (χ2n) is 4.51. The van der Waals surface area contributed by atoms with Gasteiger partial charge in [-0.15, -0.1) is 11.8 Å². The van der Waals surface area contributed by atoms with Crippen molar-refractivity contribution in [2.45, 2.75) is 11.8 Å². The number of amides is 2. The summed E-state index contributed by atoms with van der Waals surface area (Å²) in [4.78, 5) is 37.2. The summed E-state index contributed by atoms with van der Waals surface area (Å²) in [6.07, 6.45) is 0. The number of carbonyl (C=O) groups is 3. The maximum atomic E-state index is 12.3. The van der Waals surface area contributed by atoms with Crippen molar-refractivity contribution in [3.63, 3.8) is 0 Å². The van der Waals surface area contributed by atoms with Crippen LogP contribution >= 0.6 is 11.8 Å². The molecule has 0 radical (unpaired) electrons. The monoisotopic (exact) mass is 308 g/mol. The molecule has 1 aliphatic rings. The molecule has 1 heterocycles. The molecule has 1 aliphatic heterocycles. The van der Waals surface area contributed by atoms with Gasteiger partial charge in [0.05, 0.1) is 18.0 Å². The molecule has 1 N–H and O–H groups in total. The number of anilines is 1. The van der Waals surface area contributed by atoms with E-state index in [1.165, 1.54) is 23.7 Å². The zero-order chi connectivity index (χ0) is 15.4. The zero-order valence-corrected chi connectivity index (χ0v) is 12.7. The highest BCUT2D eigenvalue weighted by molar-refractivity contribution is 8.00. The van der Waals surface area contributed by atoms with Crippen molar-refractivity contribution in [1.29, 1.82) is 0 Å². The number of likely N-dealkylation sites (N-methyl/N-ethyl adjacent to an activating group) is 1. The Kier molecular flexibility index (Phi) is 4.85. The molecular weight excluding hydrogens is 292 g/mol. The molecule has 0 aromatic heterocycles. The van der Waals surface area contributed by atoms with Gasteiger partial charge in [-0.3, -0.25) is 14.4 Å². The van der Waals surface area contributed by atoms with Crippen LogP contribution in [0.25, 0.3) is 0 Å². The Bertz CT molecular complexity index is 588. The van der Waals surface area contributed by atoms with Crippen molar-refractivity contribution < 1.29 is 19.1 Å². The van der Waals surface area contributed by atoms with Crippen LogP contribution in [0.3, 0.4) is 0 Å². The van der Waals surface area contributed by atoms with Crippen LogP contribution in [0.5, 0.6) is 0 Å². The minimum atomic E-state index is -0.449. The normalized spacial score (nSPS) is 13.1. The lowest BCUT2D eigenvalue weighted by Crippen LogP contribution is -2.33. The molecule has 0 atom stereocenters. The second-order valence-corrected chi connectivity index (χ2v) is 5.53. The van der Waals surface area contributed by atoms with E-state index in [1.807, 2.05) is 0 Å². The Morgan fingerprint density at radius 1 is 1.43 bits per heavy atom. The average molecular weight is 308 g/mol. The summed E-state index contributed by atoms with van der Waals surface area (Å²) in [5.41, 5.74) is 1.05. The van der Waals surface area contributed by atoms with Crippen LogP contribution in [0.4, 0.5) is 5.69 Å². The maximum Gasteiger partial charge on any atom is 0.325 e. The number of rotatable bonds is 4. The van der Waals surface area contributed by atoms with E-state index in [4.69, 9.17) is 4.74 Å². The number of thioether (sulfide) groups is 1. The third-order valence-corrected chi connectivity index (χ3v) is 3.95. The van der Waals surface area contributed by atoms with E-state index in [1.54, 1.807) is 25.1 Å². The van der Waals surface area contributed by atoms with Crippen molar-refractivity contribution in [2.75, 3.05) is 31.3 Å². The molecule has 1 aromatic rings. The molecule has 7 heteroatoms. The summed E-state index contributed by atoms with van der Waals surface area (Å²) in [7, 11) is 1.53. The fraction of sp³-hybridized carbons (Fsp3) is 0.357. The van der Waals surface area contributed by atoms with Crippen LogP contribution in [0, 0.1) is 0 Å². The number of fused-ring (bicyclic) bond motifs is 1. The van der Waals surface area contributed by atoms with E-state index in [0.29, 0.717) is 17.0 Å². The molecule has 0 saturated carbocycles. The Labute approximate surface area is 126 Å². The van der Waals surface area contributed by atoms with E-state index < -0.39 is 5.97 Å². The van der Waals surface area contributed by atoms with E-state index >= 15 is 0 Å². The standard InChI is InChI=1S/C14H16N2O4S/c1-3-20-13(18)7-16(2)14(19)9-4-5-11-10(6-9)15-12(17)8-21-11/h4-6H,3,7-8H2,1-2H3,(H,15,17). The first-order valence-electron chi connectivity index (χ1n) is 6.49. The van der Waals surface area contributed by atoms with Crippen LogP contribution in [0.1, 0.15) is 17.3 Å². The minimum absolute atomic E-state index is 0.0861. The molecular formula is C14H16N2O4S. The number of nitrogens with zero attached hydrogens (tertiary/aromatic N) is 1. The summed E-state index contributed by atoms with van der Waals surface area (Å²) in [6, 6.07) is 5.11. The fourth-order valence-electron chi connectivity index (χ4n) is 1.91. The van der Waals surface area contributed by atoms with Crippen LogP contribution < -0.4 is 5.32 Å². The maximum absolute atomic E-state index is 12.3. The number of carbonyl (C=O) groups excluding carboxylic acids is 3. The molecule has 21 heavy (non-hydrogen) atoms. The lowest BCUT2D eigenvalue weighted by molar-refractivity contribution is -0.143. The number of benzene rings is 1. The van der Waals surface area contributed by atoms with Crippen molar-refractivity contribution in [3.05, 3.63) is 23.8 Å². The van der Waals surface area contributed by atoms with Gasteiger partial charge >= 0.3 is 5.97 Å². The molecule has 0 bridgehead atoms. The Morgan fingerprint density at radius 2 is 2.19 bits per heavy atom. The zero-order valence-electron chi connectivity index (χ0n) is 11.8. The van der Waals surface area contributed by atoms with Crippen LogP contribution in [0.15, 0.2) is 23.1 Å². The number of esters is 1. The van der Waals surface area contributed by atoms with Gasteiger partial charge in [0.2, 0.25) is 5.91 Å². The number of hydrogen-bond donors (Lipinski definition) is 1. The largest absolute Gasteiger partial charge is 0.465 e. The highest BCUT2D eigenvalue weighted by Gasteiger charge is 2.20. The van der Waals surface area contributed by atoms with E-state index in [9.17, 15) is 14.4 Å². The first-order chi connectivity index (χ1) is 10.0. The quantitative estimate of drug-likeness (QED) is 0.850. The van der Waals surface area contributed by atoms with Gasteiger partial charge in [-0.1, -0.05) is 0 Å². The molecule has 1 aromatic carbocycles. The molecule has 0 aliphatic carbocycles. The first kappa shape index (κ1) is 15.4. The van der Waals surface area contributed by atoms with E-state index in [2.05, 4.69) is 5.32 Å². The number of nitrogens with one attached hydrogen (secondary N) is 1. The molecule has 6 nitrogen and oxygen atoms in total. The average Bonchev–Trinajstić information content (AvgIpc) is 2.45. The second kappa shape index (κ2) is 6.62. The molecule has 112 valence electrons. The summed E-state index contributed by atoms with van der Waals surface area (Å²) < 4.78 is 4.81. The Hall–Kier alpha value is -2.02. The summed E-state index contributed by atoms with van der Waals surface area (Å²) in [6.45, 7) is 1.89. The van der Waals surface area contributed by atoms with Crippen molar-refractivity contribution in [1.82, 2.24) is 4.90 Å². The smallest absolute Gasteiger partial charge is 0.325 e. The highest BCUT2D eigenvalue weighted by Crippen LogP contribution is 2.32. The van der Waals surface area contributed by atoms with Gasteiger partial charge in [0.15, 0.2) is 0 Å². The van der Waals surface area contributed by atoms with Crippen molar-refractivity contribution in [2.24, 2.45) is 0 Å². The lowest BCUT2D eigenvalue weighted by Gasteiger charge is -2.19. The third kappa shape index (κ3) is 3.75. The van der Waals surface area contributed by atoms with Crippen LogP contribution in [-0.4, -0.2) is 48.6 Å². The molecule has 0 saturated heterocycles. The SMILES string of the molecule is CCOC(=O)CN(C)C(=O)c1ccc2c(c1)NC(=O)CS2. The van der Waals surface area contributed by atoms with Gasteiger partial charge in [-0.05, 0) is 25.1 Å². The summed E-state index contributed by atoms with van der Waals surface area (Å²) in [5.74, 6) is -0.453. The lowest BCUT2D eigenvalue weighted by atomic mass is 10.1. The summed E-state index contributed by atoms with van der Waals surface area (Å²) in [5, 5.41) is 2.73. The van der Waals surface area contributed by atoms with Crippen molar-refractivity contribution >= 4 is 35.2 Å². The molecule has 0 fully saturated rings. The first-order valence-corrected chi connectivity index (χ1v) is 7.47. The molecule has 2 amide bonds. The Morgan fingerprint density at radius 3 is 2.90 bits per heavy atom. The molecule has 2 rings (SSSR count). The fourth-order valence-corrected chi connectivity index (χ4v) is 2.70. The number of hydrogen-bond acceptors (Lipinski definition) is 5. The van der Waals surface area contributed by atoms with Gasteiger partial charge in [-0.25, -0.2) is 0 Å². The predicted octanol–water partition coefficient (Wildman–Crippen LogP) is 1.37.